The van der Waals surface area contributed by atoms with Crippen molar-refractivity contribution >= 4 is 23.9 Å². The first-order valence-corrected chi connectivity index (χ1v) is 5.44. The summed E-state index contributed by atoms with van der Waals surface area (Å²) in [5.41, 5.74) is 0. The Morgan fingerprint density at radius 1 is 0.571 bits per heavy atom. The van der Waals surface area contributed by atoms with Crippen LogP contribution < -0.4 is 20.4 Å². The predicted octanol–water partition coefficient (Wildman–Crippen LogP) is -7.41. The molecular weight excluding hydrogens is 332 g/mol. The van der Waals surface area contributed by atoms with E-state index in [9.17, 15) is 39.6 Å². The summed E-state index contributed by atoms with van der Waals surface area (Å²) in [5.74, 6) is -6.12. The number of nitrogens with zero attached hydrogens (tertiary/aromatic N) is 2. The van der Waals surface area contributed by atoms with Gasteiger partial charge < -0.3 is 39.6 Å². The van der Waals surface area contributed by atoms with Gasteiger partial charge in [-0.1, -0.05) is 0 Å². The molecule has 0 rings (SSSR count). The molecule has 0 aliphatic carbocycles. The Morgan fingerprint density at radius 3 is 0.905 bits per heavy atom. The van der Waals surface area contributed by atoms with Crippen LogP contribution in [0.15, 0.2) is 0 Å². The van der Waals surface area contributed by atoms with Crippen LogP contribution in [0, 0.1) is 0 Å². The molecule has 0 amide bonds. The van der Waals surface area contributed by atoms with Gasteiger partial charge in [-0.2, -0.15) is 0 Å². The van der Waals surface area contributed by atoms with Crippen molar-refractivity contribution in [1.29, 1.82) is 0 Å². The number of aliphatic carboxylic acids is 4. The largest absolute Gasteiger partial charge is 2.00 e. The Balaban J connectivity index is 0. The maximum Gasteiger partial charge on any atom is 2.00 e. The molecule has 0 N–H and O–H groups in total. The first kappa shape index (κ1) is 21.6. The molecule has 0 aliphatic rings. The molecule has 10 nitrogen and oxygen atoms in total. The van der Waals surface area contributed by atoms with E-state index in [0.29, 0.717) is 0 Å². The fourth-order valence-electron chi connectivity index (χ4n) is 1.44. The standard InChI is InChI=1S/C10H16N2O8.Fe/c13-7(14)3-11(4-8(15)16)1-2-12(5-9(17)18)6-10(19)20;/h1-6H2,(H,13,14)(H,15,16)(H,17,18)(H,19,20);/q;+2/p-4. The van der Waals surface area contributed by atoms with E-state index in [1.807, 2.05) is 0 Å². The summed E-state index contributed by atoms with van der Waals surface area (Å²) in [5, 5.41) is 41.6. The Hall–Kier alpha value is -1.68. The van der Waals surface area contributed by atoms with Crippen LogP contribution in [0.3, 0.4) is 0 Å². The average molecular weight is 344 g/mol. The van der Waals surface area contributed by atoms with Gasteiger partial charge in [0.1, 0.15) is 0 Å². The van der Waals surface area contributed by atoms with E-state index >= 15 is 0 Å². The van der Waals surface area contributed by atoms with E-state index in [1.165, 1.54) is 0 Å². The van der Waals surface area contributed by atoms with Crippen LogP contribution in [0.25, 0.3) is 0 Å². The minimum Gasteiger partial charge on any atom is -0.549 e. The number of carboxylic acid groups (broad SMARTS) is 4. The van der Waals surface area contributed by atoms with Gasteiger partial charge in [0.2, 0.25) is 0 Å². The predicted molar refractivity (Wildman–Crippen MR) is 52.9 cm³/mol. The molecule has 11 heteroatoms. The van der Waals surface area contributed by atoms with E-state index in [-0.39, 0.29) is 30.2 Å². The smallest absolute Gasteiger partial charge is 0.549 e. The Labute approximate surface area is 130 Å². The van der Waals surface area contributed by atoms with E-state index in [0.717, 1.165) is 9.80 Å². The van der Waals surface area contributed by atoms with Crippen molar-refractivity contribution in [3.8, 4) is 0 Å². The summed E-state index contributed by atoms with van der Waals surface area (Å²) < 4.78 is 0. The van der Waals surface area contributed by atoms with Crippen LogP contribution in [0.2, 0.25) is 0 Å². The molecule has 120 valence electrons. The van der Waals surface area contributed by atoms with Crippen LogP contribution in [-0.2, 0) is 36.2 Å². The summed E-state index contributed by atoms with van der Waals surface area (Å²) in [4.78, 5) is 43.4. The molecule has 0 spiro atoms. The van der Waals surface area contributed by atoms with Crippen molar-refractivity contribution in [2.45, 2.75) is 0 Å². The van der Waals surface area contributed by atoms with Gasteiger partial charge in [0.05, 0.1) is 23.9 Å². The molecule has 0 aromatic rings. The average Bonchev–Trinajstić information content (AvgIpc) is 2.22. The van der Waals surface area contributed by atoms with Crippen molar-refractivity contribution < 1.29 is 56.7 Å². The monoisotopic (exact) mass is 344 g/mol. The quantitative estimate of drug-likeness (QED) is 0.328. The van der Waals surface area contributed by atoms with Gasteiger partial charge in [-0.3, -0.25) is 9.80 Å². The third-order valence-electron chi connectivity index (χ3n) is 2.14. The number of rotatable bonds is 11. The minimum atomic E-state index is -1.53. The summed E-state index contributed by atoms with van der Waals surface area (Å²) in [6, 6.07) is 0. The van der Waals surface area contributed by atoms with Gasteiger partial charge >= 0.3 is 17.1 Å². The molecular formula is C10H12FeN2O8-2. The molecule has 21 heavy (non-hydrogen) atoms. The molecule has 0 atom stereocenters. The van der Waals surface area contributed by atoms with Gasteiger partial charge in [0.15, 0.2) is 0 Å². The maximum atomic E-state index is 10.4. The third-order valence-corrected chi connectivity index (χ3v) is 2.14. The van der Waals surface area contributed by atoms with Crippen molar-refractivity contribution in [2.24, 2.45) is 0 Å². The minimum absolute atomic E-state index is 0. The zero-order valence-corrected chi connectivity index (χ0v) is 11.9. The Morgan fingerprint density at radius 2 is 0.762 bits per heavy atom. The molecule has 0 heterocycles. The zero-order valence-electron chi connectivity index (χ0n) is 10.8. The number of hydrogen-bond donors (Lipinski definition) is 0. The van der Waals surface area contributed by atoms with E-state index in [1.54, 1.807) is 0 Å². The molecule has 0 aromatic heterocycles. The van der Waals surface area contributed by atoms with Gasteiger partial charge in [-0.05, 0) is 0 Å². The van der Waals surface area contributed by atoms with Gasteiger partial charge in [-0.25, -0.2) is 0 Å². The summed E-state index contributed by atoms with van der Waals surface area (Å²) in [7, 11) is 0. The number of carbonyl (C=O) groups is 4. The topological polar surface area (TPSA) is 167 Å². The van der Waals surface area contributed by atoms with Crippen LogP contribution in [-0.4, -0.2) is 72.9 Å². The molecule has 0 fully saturated rings. The Bertz CT molecular complexity index is 321. The molecule has 0 saturated heterocycles. The SMILES string of the molecule is O=C([O-])CN(CCN(CC(=O)[O-])CC(=O)[O-])CC(=O)[O-].[Fe+2]. The fraction of sp³-hybridized carbons (Fsp3) is 0.600. The van der Waals surface area contributed by atoms with E-state index < -0.39 is 50.1 Å². The first-order chi connectivity index (χ1) is 9.20. The Kier molecular flexibility index (Phi) is 11.4. The normalized spacial score (nSPS) is 10.2. The zero-order chi connectivity index (χ0) is 15.7. The van der Waals surface area contributed by atoms with Crippen LogP contribution in [0.1, 0.15) is 0 Å². The summed E-state index contributed by atoms with van der Waals surface area (Å²) in [6.45, 7) is -3.25. The van der Waals surface area contributed by atoms with Crippen molar-refractivity contribution in [1.82, 2.24) is 9.80 Å². The summed E-state index contributed by atoms with van der Waals surface area (Å²) >= 11 is 0. The van der Waals surface area contributed by atoms with Crippen molar-refractivity contribution in [3.05, 3.63) is 0 Å². The molecule has 0 unspecified atom stereocenters. The first-order valence-electron chi connectivity index (χ1n) is 5.44. The van der Waals surface area contributed by atoms with Crippen LogP contribution >= 0.6 is 0 Å². The maximum absolute atomic E-state index is 10.4. The van der Waals surface area contributed by atoms with Crippen molar-refractivity contribution in [3.63, 3.8) is 0 Å². The second-order valence-electron chi connectivity index (χ2n) is 3.91. The second-order valence-corrected chi connectivity index (χ2v) is 3.91. The molecule has 0 saturated carbocycles. The third kappa shape index (κ3) is 13.1. The number of carbonyl (C=O) groups excluding carboxylic acids is 4. The molecule has 0 bridgehead atoms. The molecule has 0 aliphatic heterocycles. The second kappa shape index (κ2) is 11.0. The molecule has 0 aromatic carbocycles. The van der Waals surface area contributed by atoms with Gasteiger partial charge in [0.25, 0.3) is 0 Å². The van der Waals surface area contributed by atoms with Gasteiger partial charge in [-0.15, -0.1) is 0 Å². The van der Waals surface area contributed by atoms with Gasteiger partial charge in [0, 0.05) is 39.3 Å². The number of carboxylic acids is 4. The van der Waals surface area contributed by atoms with Crippen molar-refractivity contribution in [2.75, 3.05) is 39.3 Å². The molecule has 0 radical (unpaired) electrons. The van der Waals surface area contributed by atoms with Crippen LogP contribution in [0.4, 0.5) is 0 Å². The summed E-state index contributed by atoms with van der Waals surface area (Å²) in [6.07, 6.45) is 0. The fourth-order valence-corrected chi connectivity index (χ4v) is 1.44. The number of hydrogen-bond acceptors (Lipinski definition) is 10. The van der Waals surface area contributed by atoms with E-state index in [2.05, 4.69) is 0 Å². The van der Waals surface area contributed by atoms with E-state index in [4.69, 9.17) is 0 Å². The van der Waals surface area contributed by atoms with Crippen LogP contribution in [0.5, 0.6) is 0 Å².